The molecule has 0 radical (unpaired) electrons. The zero-order valence-electron chi connectivity index (χ0n) is 10.9. The van der Waals surface area contributed by atoms with Gasteiger partial charge in [0.2, 0.25) is 0 Å². The molecule has 2 rings (SSSR count). The normalized spacial score (nSPS) is 13.3. The summed E-state index contributed by atoms with van der Waals surface area (Å²) in [5.41, 5.74) is 4.88. The first kappa shape index (κ1) is 17.6. The molecule has 2 aromatic rings. The third-order valence-corrected chi connectivity index (χ3v) is 5.59. The largest absolute Gasteiger partial charge is 0.397 e. The van der Waals surface area contributed by atoms with Gasteiger partial charge in [0.15, 0.2) is 0 Å². The maximum absolute atomic E-state index is 11.5. The van der Waals surface area contributed by atoms with Crippen molar-refractivity contribution in [1.82, 2.24) is 0 Å². The SMILES string of the molecule is Nc1c(S(=O)(=O)O)cc(S(=O)(=O)O)c2c(S(=O)(=O)O)cccc12. The van der Waals surface area contributed by atoms with E-state index in [1.807, 2.05) is 0 Å². The van der Waals surface area contributed by atoms with Gasteiger partial charge in [-0.1, -0.05) is 12.1 Å². The Bertz CT molecular complexity index is 1130. The van der Waals surface area contributed by atoms with Crippen LogP contribution in [0.25, 0.3) is 10.8 Å². The van der Waals surface area contributed by atoms with Crippen molar-refractivity contribution in [1.29, 1.82) is 0 Å². The molecule has 0 heterocycles. The van der Waals surface area contributed by atoms with E-state index >= 15 is 0 Å². The van der Waals surface area contributed by atoms with Crippen LogP contribution in [-0.2, 0) is 30.4 Å². The molecule has 126 valence electrons. The van der Waals surface area contributed by atoms with Crippen LogP contribution >= 0.6 is 0 Å². The molecule has 10 nitrogen and oxygen atoms in total. The van der Waals surface area contributed by atoms with Gasteiger partial charge in [-0.15, -0.1) is 0 Å². The van der Waals surface area contributed by atoms with E-state index in [0.29, 0.717) is 6.07 Å². The number of hydrogen-bond acceptors (Lipinski definition) is 7. The van der Waals surface area contributed by atoms with Crippen molar-refractivity contribution >= 4 is 46.8 Å². The molecular formula is C10H9NO9S3. The van der Waals surface area contributed by atoms with Crippen molar-refractivity contribution in [3.63, 3.8) is 0 Å². The summed E-state index contributed by atoms with van der Waals surface area (Å²) in [6, 6.07) is 3.25. The first-order valence-electron chi connectivity index (χ1n) is 5.52. The molecule has 0 atom stereocenters. The number of fused-ring (bicyclic) bond motifs is 1. The predicted octanol–water partition coefficient (Wildman–Crippen LogP) is 0.162. The van der Waals surface area contributed by atoms with Gasteiger partial charge in [-0.25, -0.2) is 0 Å². The molecule has 0 amide bonds. The number of nitrogens with two attached hydrogens (primary N) is 1. The van der Waals surface area contributed by atoms with E-state index < -0.39 is 61.5 Å². The fourth-order valence-electron chi connectivity index (χ4n) is 2.04. The molecular weight excluding hydrogens is 374 g/mol. The molecule has 0 aliphatic heterocycles. The minimum Gasteiger partial charge on any atom is -0.397 e. The van der Waals surface area contributed by atoms with Gasteiger partial charge in [0, 0.05) is 10.8 Å². The van der Waals surface area contributed by atoms with Crippen LogP contribution < -0.4 is 5.73 Å². The Balaban J connectivity index is 3.28. The van der Waals surface area contributed by atoms with E-state index in [1.54, 1.807) is 0 Å². The van der Waals surface area contributed by atoms with Crippen molar-refractivity contribution < 1.29 is 38.9 Å². The zero-order chi connectivity index (χ0) is 17.8. The topological polar surface area (TPSA) is 189 Å². The summed E-state index contributed by atoms with van der Waals surface area (Å²) >= 11 is 0. The molecule has 0 saturated heterocycles. The highest BCUT2D eigenvalue weighted by Gasteiger charge is 2.28. The number of benzene rings is 2. The lowest BCUT2D eigenvalue weighted by Gasteiger charge is -2.13. The van der Waals surface area contributed by atoms with Crippen LogP contribution in [0.5, 0.6) is 0 Å². The molecule has 0 aromatic heterocycles. The van der Waals surface area contributed by atoms with Crippen molar-refractivity contribution in [3.05, 3.63) is 24.3 Å². The Hall–Kier alpha value is -1.77. The van der Waals surface area contributed by atoms with Crippen LogP contribution in [0, 0.1) is 0 Å². The summed E-state index contributed by atoms with van der Waals surface area (Å²) in [5, 5.41) is -1.12. The number of anilines is 1. The number of rotatable bonds is 3. The Morgan fingerprint density at radius 3 is 1.65 bits per heavy atom. The third-order valence-electron chi connectivity index (χ3n) is 2.92. The molecule has 13 heteroatoms. The van der Waals surface area contributed by atoms with Gasteiger partial charge in [0.05, 0.1) is 5.69 Å². The maximum Gasteiger partial charge on any atom is 0.296 e. The van der Waals surface area contributed by atoms with E-state index in [1.165, 1.54) is 0 Å². The molecule has 5 N–H and O–H groups in total. The van der Waals surface area contributed by atoms with Gasteiger partial charge in [0.25, 0.3) is 30.4 Å². The first-order chi connectivity index (χ1) is 10.2. The Morgan fingerprint density at radius 2 is 1.22 bits per heavy atom. The Morgan fingerprint density at radius 1 is 0.739 bits per heavy atom. The van der Waals surface area contributed by atoms with E-state index in [2.05, 4.69) is 0 Å². The summed E-state index contributed by atoms with van der Waals surface area (Å²) in [5.74, 6) is 0. The van der Waals surface area contributed by atoms with Gasteiger partial charge >= 0.3 is 0 Å². The quantitative estimate of drug-likeness (QED) is 0.419. The monoisotopic (exact) mass is 383 g/mol. The summed E-state index contributed by atoms with van der Waals surface area (Å²) in [6.45, 7) is 0. The highest BCUT2D eigenvalue weighted by molar-refractivity contribution is 7.87. The molecule has 23 heavy (non-hydrogen) atoms. The van der Waals surface area contributed by atoms with Crippen molar-refractivity contribution in [2.45, 2.75) is 14.7 Å². The summed E-state index contributed by atoms with van der Waals surface area (Å²) in [4.78, 5) is -3.09. The highest BCUT2D eigenvalue weighted by atomic mass is 32.2. The fourth-order valence-corrected chi connectivity index (χ4v) is 4.31. The standard InChI is InChI=1S/C10H9NO9S3/c11-10-5-2-1-3-6(21(12,13)14)9(5)7(22(15,16)17)4-8(10)23(18,19)20/h1-4H,11H2,(H,12,13,14)(H,15,16,17)(H,18,19,20). The van der Waals surface area contributed by atoms with Crippen LogP contribution in [0.1, 0.15) is 0 Å². The summed E-state index contributed by atoms with van der Waals surface area (Å²) in [6.07, 6.45) is 0. The second kappa shape index (κ2) is 5.12. The van der Waals surface area contributed by atoms with Crippen molar-refractivity contribution in [2.24, 2.45) is 0 Å². The molecule has 0 fully saturated rings. The number of nitrogen functional groups attached to an aromatic ring is 1. The molecule has 0 aliphatic carbocycles. The predicted molar refractivity (Wildman–Crippen MR) is 77.8 cm³/mol. The van der Waals surface area contributed by atoms with Crippen LogP contribution in [0.15, 0.2) is 39.0 Å². The van der Waals surface area contributed by atoms with E-state index in [4.69, 9.17) is 10.3 Å². The van der Waals surface area contributed by atoms with Crippen LogP contribution in [0.2, 0.25) is 0 Å². The van der Waals surface area contributed by atoms with Crippen LogP contribution in [-0.4, -0.2) is 38.9 Å². The number of hydrogen-bond donors (Lipinski definition) is 4. The Labute approximate surface area is 130 Å². The van der Waals surface area contributed by atoms with E-state index in [9.17, 15) is 34.4 Å². The minimum atomic E-state index is -5.12. The lowest BCUT2D eigenvalue weighted by Crippen LogP contribution is -2.10. The average Bonchev–Trinajstić information content (AvgIpc) is 2.34. The fraction of sp³-hybridized carbons (Fsp3) is 0. The van der Waals surface area contributed by atoms with Gasteiger partial charge in [-0.05, 0) is 12.1 Å². The summed E-state index contributed by atoms with van der Waals surface area (Å²) < 4.78 is 95.8. The third kappa shape index (κ3) is 3.15. The van der Waals surface area contributed by atoms with Crippen molar-refractivity contribution in [3.8, 4) is 0 Å². The van der Waals surface area contributed by atoms with Crippen LogP contribution in [0.3, 0.4) is 0 Å². The van der Waals surface area contributed by atoms with Gasteiger partial charge in [-0.3, -0.25) is 13.7 Å². The molecule has 0 bridgehead atoms. The average molecular weight is 383 g/mol. The zero-order valence-corrected chi connectivity index (χ0v) is 13.4. The van der Waals surface area contributed by atoms with Crippen molar-refractivity contribution in [2.75, 3.05) is 5.73 Å². The smallest absolute Gasteiger partial charge is 0.296 e. The van der Waals surface area contributed by atoms with Gasteiger partial charge in [-0.2, -0.15) is 25.3 Å². The van der Waals surface area contributed by atoms with E-state index in [0.717, 1.165) is 18.2 Å². The lowest BCUT2D eigenvalue weighted by molar-refractivity contribution is 0.481. The minimum absolute atomic E-state index is 0.303. The van der Waals surface area contributed by atoms with Gasteiger partial charge < -0.3 is 5.73 Å². The molecule has 0 unspecified atom stereocenters. The van der Waals surface area contributed by atoms with Crippen LogP contribution in [0.4, 0.5) is 5.69 Å². The molecule has 0 spiro atoms. The highest BCUT2D eigenvalue weighted by Crippen LogP contribution is 2.37. The second-order valence-electron chi connectivity index (χ2n) is 4.39. The molecule has 0 saturated carbocycles. The Kier molecular flexibility index (Phi) is 3.91. The van der Waals surface area contributed by atoms with E-state index in [-0.39, 0.29) is 0 Å². The van der Waals surface area contributed by atoms with Gasteiger partial charge in [0.1, 0.15) is 14.7 Å². The molecule has 2 aromatic carbocycles. The lowest BCUT2D eigenvalue weighted by atomic mass is 10.1. The second-order valence-corrected chi connectivity index (χ2v) is 8.56. The molecule has 0 aliphatic rings. The first-order valence-corrected chi connectivity index (χ1v) is 9.84. The maximum atomic E-state index is 11.5. The summed E-state index contributed by atoms with van der Waals surface area (Å²) in [7, 11) is -15.0.